The van der Waals surface area contributed by atoms with Gasteiger partial charge in [0.25, 0.3) is 0 Å². The first-order chi connectivity index (χ1) is 13.8. The van der Waals surface area contributed by atoms with Gasteiger partial charge in [0.15, 0.2) is 0 Å². The second-order valence-corrected chi connectivity index (χ2v) is 8.09. The van der Waals surface area contributed by atoms with Gasteiger partial charge in [-0.3, -0.25) is 4.90 Å². The standard InChI is InChI=1S/C20H18ClN5OS/c21-15-3-1-2-14(10-15)19-24-16(12-27-19)11-25-5-7-26(8-6-25)18-17-4-9-28-20(17)23-13-22-18/h1-4,9-10,12-13H,5-8,11H2. The van der Waals surface area contributed by atoms with E-state index in [0.29, 0.717) is 10.9 Å². The van der Waals surface area contributed by atoms with Gasteiger partial charge in [0.1, 0.15) is 23.2 Å². The fourth-order valence-electron chi connectivity index (χ4n) is 3.51. The summed E-state index contributed by atoms with van der Waals surface area (Å²) in [6, 6.07) is 9.67. The van der Waals surface area contributed by atoms with Gasteiger partial charge in [0.2, 0.25) is 5.89 Å². The molecule has 0 atom stereocenters. The molecule has 1 aliphatic heterocycles. The van der Waals surface area contributed by atoms with Gasteiger partial charge in [-0.05, 0) is 29.6 Å². The molecule has 0 N–H and O–H groups in total. The number of aromatic nitrogens is 3. The maximum atomic E-state index is 6.06. The lowest BCUT2D eigenvalue weighted by Gasteiger charge is -2.35. The Morgan fingerprint density at radius 2 is 2.00 bits per heavy atom. The van der Waals surface area contributed by atoms with Crippen LogP contribution in [0.4, 0.5) is 5.82 Å². The molecule has 0 unspecified atom stereocenters. The van der Waals surface area contributed by atoms with E-state index in [9.17, 15) is 0 Å². The zero-order valence-corrected chi connectivity index (χ0v) is 16.7. The van der Waals surface area contributed by atoms with E-state index in [-0.39, 0.29) is 0 Å². The van der Waals surface area contributed by atoms with Gasteiger partial charge in [0, 0.05) is 43.3 Å². The zero-order chi connectivity index (χ0) is 18.9. The minimum atomic E-state index is 0.608. The highest BCUT2D eigenvalue weighted by atomic mass is 35.5. The Balaban J connectivity index is 1.24. The van der Waals surface area contributed by atoms with Gasteiger partial charge in [-0.2, -0.15) is 0 Å². The van der Waals surface area contributed by atoms with Crippen molar-refractivity contribution in [1.82, 2.24) is 19.9 Å². The first-order valence-corrected chi connectivity index (χ1v) is 10.4. The Hall–Kier alpha value is -2.48. The third kappa shape index (κ3) is 3.48. The van der Waals surface area contributed by atoms with Crippen LogP contribution in [-0.4, -0.2) is 46.0 Å². The minimum Gasteiger partial charge on any atom is -0.444 e. The average Bonchev–Trinajstić information content (AvgIpc) is 3.38. The summed E-state index contributed by atoms with van der Waals surface area (Å²) < 4.78 is 5.65. The van der Waals surface area contributed by atoms with Crippen molar-refractivity contribution < 1.29 is 4.42 Å². The SMILES string of the molecule is Clc1cccc(-c2nc(CN3CCN(c4ncnc5sccc45)CC3)co2)c1. The molecule has 4 heterocycles. The molecule has 4 aromatic rings. The molecule has 0 saturated carbocycles. The van der Waals surface area contributed by atoms with E-state index in [0.717, 1.165) is 60.0 Å². The molecule has 8 heteroatoms. The fraction of sp³-hybridized carbons (Fsp3) is 0.250. The number of piperazine rings is 1. The molecule has 1 fully saturated rings. The van der Waals surface area contributed by atoms with Crippen LogP contribution < -0.4 is 4.90 Å². The largest absolute Gasteiger partial charge is 0.444 e. The van der Waals surface area contributed by atoms with Crippen molar-refractivity contribution in [3.8, 4) is 11.5 Å². The normalized spacial score (nSPS) is 15.4. The number of hydrogen-bond donors (Lipinski definition) is 0. The van der Waals surface area contributed by atoms with Gasteiger partial charge in [-0.1, -0.05) is 17.7 Å². The van der Waals surface area contributed by atoms with E-state index in [4.69, 9.17) is 16.0 Å². The van der Waals surface area contributed by atoms with Crippen LogP contribution in [0.15, 0.2) is 52.7 Å². The predicted molar refractivity (Wildman–Crippen MR) is 112 cm³/mol. The third-order valence-corrected chi connectivity index (χ3v) is 5.98. The summed E-state index contributed by atoms with van der Waals surface area (Å²) in [7, 11) is 0. The maximum absolute atomic E-state index is 6.06. The molecule has 3 aromatic heterocycles. The van der Waals surface area contributed by atoms with Crippen LogP contribution in [0.3, 0.4) is 0 Å². The minimum absolute atomic E-state index is 0.608. The number of benzene rings is 1. The summed E-state index contributed by atoms with van der Waals surface area (Å²) in [6.07, 6.45) is 3.40. The molecule has 6 nitrogen and oxygen atoms in total. The fourth-order valence-corrected chi connectivity index (χ4v) is 4.43. The van der Waals surface area contributed by atoms with Crippen LogP contribution in [0.5, 0.6) is 0 Å². The van der Waals surface area contributed by atoms with Crippen molar-refractivity contribution in [2.45, 2.75) is 6.54 Å². The summed E-state index contributed by atoms with van der Waals surface area (Å²) in [5.41, 5.74) is 1.83. The molecule has 0 amide bonds. The van der Waals surface area contributed by atoms with Crippen LogP contribution in [0.2, 0.25) is 5.02 Å². The lowest BCUT2D eigenvalue weighted by Crippen LogP contribution is -2.46. The number of oxazole rings is 1. The monoisotopic (exact) mass is 411 g/mol. The number of halogens is 1. The molecule has 142 valence electrons. The molecule has 5 rings (SSSR count). The second-order valence-electron chi connectivity index (χ2n) is 6.75. The molecular weight excluding hydrogens is 394 g/mol. The van der Waals surface area contributed by atoms with Crippen LogP contribution in [-0.2, 0) is 6.54 Å². The van der Waals surface area contributed by atoms with Crippen molar-refractivity contribution in [2.24, 2.45) is 0 Å². The van der Waals surface area contributed by atoms with E-state index in [2.05, 4.69) is 36.2 Å². The van der Waals surface area contributed by atoms with Gasteiger partial charge in [-0.25, -0.2) is 15.0 Å². The lowest BCUT2D eigenvalue weighted by atomic mass is 10.2. The Labute approximate surface area is 171 Å². The van der Waals surface area contributed by atoms with Gasteiger partial charge >= 0.3 is 0 Å². The van der Waals surface area contributed by atoms with Crippen LogP contribution in [0, 0.1) is 0 Å². The highest BCUT2D eigenvalue weighted by Gasteiger charge is 2.21. The number of fused-ring (bicyclic) bond motifs is 1. The van der Waals surface area contributed by atoms with Gasteiger partial charge in [-0.15, -0.1) is 11.3 Å². The molecule has 0 aliphatic carbocycles. The van der Waals surface area contributed by atoms with Crippen molar-refractivity contribution in [1.29, 1.82) is 0 Å². The summed E-state index contributed by atoms with van der Waals surface area (Å²) >= 11 is 7.71. The van der Waals surface area contributed by atoms with Crippen molar-refractivity contribution in [2.75, 3.05) is 31.1 Å². The summed E-state index contributed by atoms with van der Waals surface area (Å²) in [5, 5.41) is 3.89. The third-order valence-electron chi connectivity index (χ3n) is 4.92. The number of thiophene rings is 1. The summed E-state index contributed by atoms with van der Waals surface area (Å²) in [4.78, 5) is 19.3. The smallest absolute Gasteiger partial charge is 0.226 e. The molecule has 0 spiro atoms. The number of nitrogens with zero attached hydrogens (tertiary/aromatic N) is 5. The molecule has 28 heavy (non-hydrogen) atoms. The van der Waals surface area contributed by atoms with Gasteiger partial charge in [0.05, 0.1) is 11.1 Å². The number of anilines is 1. The Kier molecular flexibility index (Phi) is 4.72. The Morgan fingerprint density at radius 3 is 2.86 bits per heavy atom. The average molecular weight is 412 g/mol. The predicted octanol–water partition coefficient (Wildman–Crippen LogP) is 4.32. The highest BCUT2D eigenvalue weighted by Crippen LogP contribution is 2.28. The van der Waals surface area contributed by atoms with E-state index >= 15 is 0 Å². The van der Waals surface area contributed by atoms with E-state index in [1.54, 1.807) is 23.9 Å². The number of rotatable bonds is 4. The molecule has 1 aliphatic rings. The van der Waals surface area contributed by atoms with E-state index < -0.39 is 0 Å². The van der Waals surface area contributed by atoms with Crippen LogP contribution in [0.1, 0.15) is 5.69 Å². The molecule has 0 radical (unpaired) electrons. The van der Waals surface area contributed by atoms with Crippen LogP contribution in [0.25, 0.3) is 21.7 Å². The second kappa shape index (κ2) is 7.50. The van der Waals surface area contributed by atoms with E-state index in [1.165, 1.54) is 0 Å². The quantitative estimate of drug-likeness (QED) is 0.498. The Bertz CT molecular complexity index is 1100. The van der Waals surface area contributed by atoms with Crippen molar-refractivity contribution >= 4 is 39.0 Å². The molecule has 0 bridgehead atoms. The molecule has 1 aromatic carbocycles. The first kappa shape index (κ1) is 17.6. The van der Waals surface area contributed by atoms with Gasteiger partial charge < -0.3 is 9.32 Å². The van der Waals surface area contributed by atoms with E-state index in [1.807, 2.05) is 24.3 Å². The van der Waals surface area contributed by atoms with Crippen molar-refractivity contribution in [3.05, 3.63) is 59.0 Å². The zero-order valence-electron chi connectivity index (χ0n) is 15.1. The first-order valence-electron chi connectivity index (χ1n) is 9.12. The molecular formula is C20H18ClN5OS. The Morgan fingerprint density at radius 1 is 1.11 bits per heavy atom. The highest BCUT2D eigenvalue weighted by molar-refractivity contribution is 7.16. The lowest BCUT2D eigenvalue weighted by molar-refractivity contribution is 0.246. The summed E-state index contributed by atoms with van der Waals surface area (Å²) in [6.45, 7) is 4.54. The number of hydrogen-bond acceptors (Lipinski definition) is 7. The maximum Gasteiger partial charge on any atom is 0.226 e. The summed E-state index contributed by atoms with van der Waals surface area (Å²) in [5.74, 6) is 1.65. The topological polar surface area (TPSA) is 58.3 Å². The van der Waals surface area contributed by atoms with Crippen LogP contribution >= 0.6 is 22.9 Å². The van der Waals surface area contributed by atoms with Crippen molar-refractivity contribution in [3.63, 3.8) is 0 Å². The molecule has 1 saturated heterocycles.